The molecule has 6 nitrogen and oxygen atoms in total. The number of benzene rings is 3. The monoisotopic (exact) mass is 483 g/mol. The first kappa shape index (κ1) is 25.2. The Morgan fingerprint density at radius 2 is 1.06 bits per heavy atom. The van der Waals surface area contributed by atoms with E-state index in [2.05, 4.69) is 47.9 Å². The predicted molar refractivity (Wildman–Crippen MR) is 141 cm³/mol. The van der Waals surface area contributed by atoms with Crippen LogP contribution >= 0.6 is 0 Å². The largest absolute Gasteiger partial charge is 0.424 e. The lowest BCUT2D eigenvalue weighted by Gasteiger charge is -2.15. The molecule has 1 unspecified atom stereocenters. The fourth-order valence-electron chi connectivity index (χ4n) is 3.94. The Morgan fingerprint density at radius 1 is 0.611 bits per heavy atom. The van der Waals surface area contributed by atoms with Gasteiger partial charge in [-0.3, -0.25) is 0 Å². The van der Waals surface area contributed by atoms with Gasteiger partial charge >= 0.3 is 18.0 Å². The van der Waals surface area contributed by atoms with Gasteiger partial charge in [-0.25, -0.2) is 0 Å². The lowest BCUT2D eigenvalue weighted by atomic mass is 9.92. The van der Waals surface area contributed by atoms with E-state index in [1.165, 1.54) is 17.5 Å². The van der Waals surface area contributed by atoms with Crippen LogP contribution in [0.2, 0.25) is 0 Å². The Hall–Kier alpha value is -3.93. The molecule has 0 amide bonds. The maximum absolute atomic E-state index is 6.00. The van der Waals surface area contributed by atoms with Crippen molar-refractivity contribution in [3.05, 3.63) is 89.5 Å². The zero-order valence-corrected chi connectivity index (χ0v) is 21.4. The van der Waals surface area contributed by atoms with Crippen LogP contribution in [0.3, 0.4) is 0 Å². The fraction of sp³-hybridized carbons (Fsp3) is 0.300. The summed E-state index contributed by atoms with van der Waals surface area (Å²) in [5, 5.41) is 0. The molecule has 1 atom stereocenters. The van der Waals surface area contributed by atoms with E-state index in [0.717, 1.165) is 24.8 Å². The normalized spacial score (nSPS) is 11.7. The van der Waals surface area contributed by atoms with Crippen LogP contribution in [0.25, 0.3) is 0 Å². The van der Waals surface area contributed by atoms with E-state index in [0.29, 0.717) is 23.2 Å². The average Bonchev–Trinajstić information content (AvgIpc) is 2.89. The molecule has 0 N–H and O–H groups in total. The third kappa shape index (κ3) is 6.81. The summed E-state index contributed by atoms with van der Waals surface area (Å²) in [4.78, 5) is 13.1. The van der Waals surface area contributed by atoms with Gasteiger partial charge in [0, 0.05) is 0 Å². The number of aryl methyl sites for hydroxylation is 2. The van der Waals surface area contributed by atoms with Crippen molar-refractivity contribution in [2.75, 3.05) is 0 Å². The van der Waals surface area contributed by atoms with Gasteiger partial charge in [-0.1, -0.05) is 69.2 Å². The van der Waals surface area contributed by atoms with Crippen molar-refractivity contribution in [1.82, 2.24) is 15.0 Å². The minimum Gasteiger partial charge on any atom is -0.424 e. The van der Waals surface area contributed by atoms with Crippen molar-refractivity contribution < 1.29 is 14.2 Å². The summed E-state index contributed by atoms with van der Waals surface area (Å²) in [5.41, 5.74) is 3.66. The van der Waals surface area contributed by atoms with Crippen molar-refractivity contribution in [3.8, 4) is 35.3 Å². The molecule has 0 fully saturated rings. The molecule has 36 heavy (non-hydrogen) atoms. The number of rotatable bonds is 11. The highest BCUT2D eigenvalue weighted by molar-refractivity contribution is 5.33. The number of aromatic nitrogens is 3. The third-order valence-electron chi connectivity index (χ3n) is 6.04. The first-order valence-electron chi connectivity index (χ1n) is 12.6. The van der Waals surface area contributed by atoms with Crippen molar-refractivity contribution in [2.24, 2.45) is 0 Å². The van der Waals surface area contributed by atoms with Crippen LogP contribution in [0.4, 0.5) is 0 Å². The molecule has 3 aromatic carbocycles. The molecular formula is C30H33N3O3. The molecule has 0 saturated carbocycles. The second-order valence-electron chi connectivity index (χ2n) is 8.76. The van der Waals surface area contributed by atoms with Crippen molar-refractivity contribution >= 4 is 0 Å². The van der Waals surface area contributed by atoms with Gasteiger partial charge in [0.05, 0.1) is 0 Å². The molecule has 186 valence electrons. The molecule has 0 aliphatic heterocycles. The van der Waals surface area contributed by atoms with Crippen molar-refractivity contribution in [3.63, 3.8) is 0 Å². The van der Waals surface area contributed by atoms with Crippen LogP contribution < -0.4 is 14.2 Å². The summed E-state index contributed by atoms with van der Waals surface area (Å²) >= 11 is 0. The van der Waals surface area contributed by atoms with E-state index >= 15 is 0 Å². The third-order valence-corrected chi connectivity index (χ3v) is 6.04. The van der Waals surface area contributed by atoms with Gasteiger partial charge in [0.25, 0.3) is 0 Å². The number of hydrogen-bond donors (Lipinski definition) is 0. The van der Waals surface area contributed by atoms with Gasteiger partial charge in [0.2, 0.25) is 0 Å². The van der Waals surface area contributed by atoms with Gasteiger partial charge in [-0.2, -0.15) is 0 Å². The van der Waals surface area contributed by atoms with Gasteiger partial charge in [0.15, 0.2) is 0 Å². The zero-order chi connectivity index (χ0) is 25.3. The van der Waals surface area contributed by atoms with Crippen LogP contribution in [0.5, 0.6) is 35.3 Å². The summed E-state index contributed by atoms with van der Waals surface area (Å²) in [6.07, 6.45) is 4.40. The van der Waals surface area contributed by atoms with Gasteiger partial charge < -0.3 is 14.2 Å². The Labute approximate surface area is 213 Å². The van der Waals surface area contributed by atoms with E-state index in [-0.39, 0.29) is 18.0 Å². The molecule has 4 aromatic rings. The number of nitrogens with zero attached hydrogens (tertiary/aromatic N) is 3. The quantitative estimate of drug-likeness (QED) is 0.213. The van der Waals surface area contributed by atoms with Gasteiger partial charge in [0.1, 0.15) is 17.2 Å². The molecule has 0 aliphatic rings. The topological polar surface area (TPSA) is 66.4 Å². The summed E-state index contributed by atoms with van der Waals surface area (Å²) in [6.45, 7) is 8.57. The summed E-state index contributed by atoms with van der Waals surface area (Å²) < 4.78 is 17.8. The average molecular weight is 484 g/mol. The summed E-state index contributed by atoms with van der Waals surface area (Å²) in [5.74, 6) is 2.42. The molecule has 4 rings (SSSR count). The maximum atomic E-state index is 6.00. The lowest BCUT2D eigenvalue weighted by Crippen LogP contribution is -2.02. The van der Waals surface area contributed by atoms with Crippen LogP contribution in [-0.2, 0) is 6.42 Å². The Balaban J connectivity index is 1.58. The molecule has 0 aliphatic carbocycles. The molecule has 1 heterocycles. The van der Waals surface area contributed by atoms with E-state index in [9.17, 15) is 0 Å². The molecule has 0 bridgehead atoms. The molecule has 0 radical (unpaired) electrons. The van der Waals surface area contributed by atoms with E-state index in [1.807, 2.05) is 67.6 Å². The minimum atomic E-state index is 0.0923. The summed E-state index contributed by atoms with van der Waals surface area (Å²) in [6, 6.07) is 23.9. The molecular weight excluding hydrogens is 450 g/mol. The number of ether oxygens (including phenoxy) is 3. The first-order chi connectivity index (χ1) is 17.6. The van der Waals surface area contributed by atoms with Gasteiger partial charge in [-0.05, 0) is 79.6 Å². The highest BCUT2D eigenvalue weighted by Gasteiger charge is 2.14. The van der Waals surface area contributed by atoms with Crippen LogP contribution in [0.15, 0.2) is 72.8 Å². The first-order valence-corrected chi connectivity index (χ1v) is 12.6. The van der Waals surface area contributed by atoms with Crippen molar-refractivity contribution in [1.29, 1.82) is 0 Å². The van der Waals surface area contributed by atoms with Gasteiger partial charge in [-0.15, -0.1) is 15.0 Å². The fourth-order valence-corrected chi connectivity index (χ4v) is 3.94. The minimum absolute atomic E-state index is 0.0923. The second-order valence-corrected chi connectivity index (χ2v) is 8.76. The SMILES string of the molecule is CCCC(CC)c1ccc(Oc2nc(Oc3ccc(C)cc3)nc(Oc3ccc(CC)cc3)n2)cc1. The van der Waals surface area contributed by atoms with Crippen molar-refractivity contribution in [2.45, 2.75) is 59.3 Å². The standard InChI is InChI=1S/C30H33N3O3/c1-5-8-23(7-3)24-13-19-27(20-14-24)36-30-32-28(34-25-15-9-21(4)10-16-25)31-29(33-30)35-26-17-11-22(6-2)12-18-26/h9-20,23H,5-8H2,1-4H3. The molecule has 1 aromatic heterocycles. The van der Waals surface area contributed by atoms with Crippen LogP contribution in [0.1, 0.15) is 62.6 Å². The number of hydrogen-bond acceptors (Lipinski definition) is 6. The van der Waals surface area contributed by atoms with E-state index < -0.39 is 0 Å². The van der Waals surface area contributed by atoms with E-state index in [4.69, 9.17) is 14.2 Å². The highest BCUT2D eigenvalue weighted by Crippen LogP contribution is 2.30. The van der Waals surface area contributed by atoms with E-state index in [1.54, 1.807) is 0 Å². The Kier molecular flexibility index (Phi) is 8.50. The predicted octanol–water partition coefficient (Wildman–Crippen LogP) is 8.41. The maximum Gasteiger partial charge on any atom is 0.331 e. The van der Waals surface area contributed by atoms with Crippen LogP contribution in [0, 0.1) is 6.92 Å². The lowest BCUT2D eigenvalue weighted by molar-refractivity contribution is 0.362. The molecule has 6 heteroatoms. The molecule has 0 saturated heterocycles. The zero-order valence-electron chi connectivity index (χ0n) is 21.4. The smallest absolute Gasteiger partial charge is 0.331 e. The highest BCUT2D eigenvalue weighted by atomic mass is 16.5. The second kappa shape index (κ2) is 12.2. The summed E-state index contributed by atoms with van der Waals surface area (Å²) in [7, 11) is 0. The van der Waals surface area contributed by atoms with Crippen LogP contribution in [-0.4, -0.2) is 15.0 Å². The Bertz CT molecular complexity index is 1240. The molecule has 0 spiro atoms. The Morgan fingerprint density at radius 3 is 1.47 bits per heavy atom.